The lowest BCUT2D eigenvalue weighted by Gasteiger charge is -2.13. The highest BCUT2D eigenvalue weighted by Crippen LogP contribution is 2.34. The standard InChI is InChI=1S/C21H17F3N2O5S/c1-30-15-7-6-12(8-16(15)31-2)9-17-19(28)26(20(29)32-17)11-18(27)25-14-5-3-4-13(10-14)21(22,23)24/h3-10H,11H2,1-2H3,(H,25,27)/b17-9-. The molecule has 2 aromatic carbocycles. The summed E-state index contributed by atoms with van der Waals surface area (Å²) in [5.74, 6) is -0.571. The smallest absolute Gasteiger partial charge is 0.416 e. The zero-order valence-electron chi connectivity index (χ0n) is 16.9. The van der Waals surface area contributed by atoms with Crippen molar-refractivity contribution in [3.63, 3.8) is 0 Å². The van der Waals surface area contributed by atoms with E-state index in [2.05, 4.69) is 5.32 Å². The van der Waals surface area contributed by atoms with E-state index in [0.717, 1.165) is 23.1 Å². The number of benzene rings is 2. The maximum absolute atomic E-state index is 12.8. The number of hydrogen-bond donors (Lipinski definition) is 1. The number of anilines is 1. The highest BCUT2D eigenvalue weighted by molar-refractivity contribution is 8.18. The largest absolute Gasteiger partial charge is 0.493 e. The number of carbonyl (C=O) groups is 3. The van der Waals surface area contributed by atoms with Gasteiger partial charge in [0.25, 0.3) is 11.1 Å². The van der Waals surface area contributed by atoms with Gasteiger partial charge in [0, 0.05) is 5.69 Å². The Balaban J connectivity index is 1.71. The van der Waals surface area contributed by atoms with E-state index >= 15 is 0 Å². The molecule has 0 bridgehead atoms. The third kappa shape index (κ3) is 5.22. The van der Waals surface area contributed by atoms with Crippen molar-refractivity contribution >= 4 is 40.6 Å². The molecule has 0 radical (unpaired) electrons. The van der Waals surface area contributed by atoms with E-state index in [4.69, 9.17) is 9.47 Å². The Kier molecular flexibility index (Phi) is 6.78. The monoisotopic (exact) mass is 466 g/mol. The molecule has 1 aliphatic heterocycles. The highest BCUT2D eigenvalue weighted by Gasteiger charge is 2.36. The van der Waals surface area contributed by atoms with Crippen LogP contribution in [0.1, 0.15) is 11.1 Å². The van der Waals surface area contributed by atoms with Crippen molar-refractivity contribution in [3.05, 3.63) is 58.5 Å². The molecule has 11 heteroatoms. The summed E-state index contributed by atoms with van der Waals surface area (Å²) in [6.45, 7) is -0.635. The molecule has 1 fully saturated rings. The van der Waals surface area contributed by atoms with Crippen LogP contribution in [-0.2, 0) is 15.8 Å². The third-order valence-corrected chi connectivity index (χ3v) is 5.26. The second-order valence-electron chi connectivity index (χ2n) is 6.51. The quantitative estimate of drug-likeness (QED) is 0.636. The molecule has 0 saturated carbocycles. The van der Waals surface area contributed by atoms with Gasteiger partial charge in [-0.1, -0.05) is 12.1 Å². The molecule has 0 aliphatic carbocycles. The summed E-state index contributed by atoms with van der Waals surface area (Å²) < 4.78 is 48.8. The van der Waals surface area contributed by atoms with E-state index in [-0.39, 0.29) is 10.6 Å². The van der Waals surface area contributed by atoms with E-state index in [1.165, 1.54) is 26.4 Å². The van der Waals surface area contributed by atoms with Gasteiger partial charge in [0.15, 0.2) is 11.5 Å². The number of halogens is 3. The summed E-state index contributed by atoms with van der Waals surface area (Å²) in [6.07, 6.45) is -3.10. The van der Waals surface area contributed by atoms with Gasteiger partial charge in [-0.05, 0) is 53.7 Å². The molecule has 0 atom stereocenters. The minimum absolute atomic E-state index is 0.0917. The van der Waals surface area contributed by atoms with Crippen LogP contribution in [0.25, 0.3) is 6.08 Å². The fourth-order valence-corrected chi connectivity index (χ4v) is 3.69. The number of amides is 3. The lowest BCUT2D eigenvalue weighted by atomic mass is 10.2. The summed E-state index contributed by atoms with van der Waals surface area (Å²) in [6, 6.07) is 8.97. The predicted molar refractivity (Wildman–Crippen MR) is 112 cm³/mol. The van der Waals surface area contributed by atoms with E-state index in [0.29, 0.717) is 28.8 Å². The zero-order chi connectivity index (χ0) is 23.5. The van der Waals surface area contributed by atoms with Crippen molar-refractivity contribution in [1.82, 2.24) is 4.90 Å². The molecule has 32 heavy (non-hydrogen) atoms. The molecular weight excluding hydrogens is 449 g/mol. The molecule has 1 saturated heterocycles. The molecule has 7 nitrogen and oxygen atoms in total. The van der Waals surface area contributed by atoms with Gasteiger partial charge in [-0.15, -0.1) is 0 Å². The first-order valence-corrected chi connectivity index (χ1v) is 9.88. The van der Waals surface area contributed by atoms with Crippen LogP contribution in [0.3, 0.4) is 0 Å². The van der Waals surface area contributed by atoms with Crippen LogP contribution >= 0.6 is 11.8 Å². The first kappa shape index (κ1) is 23.2. The second-order valence-corrected chi connectivity index (χ2v) is 7.50. The normalized spacial score (nSPS) is 15.3. The Morgan fingerprint density at radius 1 is 1.09 bits per heavy atom. The summed E-state index contributed by atoms with van der Waals surface area (Å²) in [5.41, 5.74) is -0.460. The van der Waals surface area contributed by atoms with Crippen molar-refractivity contribution in [1.29, 1.82) is 0 Å². The number of hydrogen-bond acceptors (Lipinski definition) is 6. The van der Waals surface area contributed by atoms with Crippen LogP contribution in [-0.4, -0.2) is 42.7 Å². The Morgan fingerprint density at radius 3 is 2.47 bits per heavy atom. The van der Waals surface area contributed by atoms with Gasteiger partial charge in [-0.25, -0.2) is 0 Å². The van der Waals surface area contributed by atoms with E-state index < -0.39 is 35.3 Å². The number of thioether (sulfide) groups is 1. The van der Waals surface area contributed by atoms with Gasteiger partial charge in [-0.2, -0.15) is 13.2 Å². The number of methoxy groups -OCH3 is 2. The Labute approximate surface area is 185 Å². The number of nitrogens with zero attached hydrogens (tertiary/aromatic N) is 1. The number of alkyl halides is 3. The molecule has 1 heterocycles. The van der Waals surface area contributed by atoms with Crippen LogP contribution in [0.2, 0.25) is 0 Å². The van der Waals surface area contributed by atoms with Crippen molar-refractivity contribution in [2.75, 3.05) is 26.1 Å². The van der Waals surface area contributed by atoms with E-state index in [9.17, 15) is 27.6 Å². The van der Waals surface area contributed by atoms with E-state index in [1.807, 2.05) is 0 Å². The van der Waals surface area contributed by atoms with Crippen LogP contribution in [0.5, 0.6) is 11.5 Å². The summed E-state index contributed by atoms with van der Waals surface area (Å²) in [7, 11) is 2.94. The van der Waals surface area contributed by atoms with Crippen molar-refractivity contribution < 1.29 is 37.0 Å². The van der Waals surface area contributed by atoms with Gasteiger partial charge in [0.1, 0.15) is 6.54 Å². The van der Waals surface area contributed by atoms with Gasteiger partial charge in [0.2, 0.25) is 5.91 Å². The fraction of sp³-hybridized carbons (Fsp3) is 0.190. The molecular formula is C21H17F3N2O5S. The third-order valence-electron chi connectivity index (χ3n) is 4.35. The lowest BCUT2D eigenvalue weighted by Crippen LogP contribution is -2.36. The maximum atomic E-state index is 12.8. The lowest BCUT2D eigenvalue weighted by molar-refractivity contribution is -0.137. The van der Waals surface area contributed by atoms with E-state index in [1.54, 1.807) is 18.2 Å². The molecule has 0 aromatic heterocycles. The number of imide groups is 1. The molecule has 0 spiro atoms. The van der Waals surface area contributed by atoms with Gasteiger partial charge in [0.05, 0.1) is 24.7 Å². The summed E-state index contributed by atoms with van der Waals surface area (Å²) >= 11 is 0.652. The molecule has 1 N–H and O–H groups in total. The van der Waals surface area contributed by atoms with Crippen LogP contribution in [0.4, 0.5) is 23.7 Å². The Hall–Kier alpha value is -3.47. The summed E-state index contributed by atoms with van der Waals surface area (Å²) in [5, 5.41) is 1.60. The minimum Gasteiger partial charge on any atom is -0.493 e. The molecule has 0 unspecified atom stereocenters. The second kappa shape index (κ2) is 9.35. The Morgan fingerprint density at radius 2 is 1.81 bits per heavy atom. The SMILES string of the molecule is COc1ccc(/C=C2\SC(=O)N(CC(=O)Nc3cccc(C(F)(F)F)c3)C2=O)cc1OC. The van der Waals surface area contributed by atoms with Crippen LogP contribution in [0.15, 0.2) is 47.4 Å². The maximum Gasteiger partial charge on any atom is 0.416 e. The molecule has 3 amide bonds. The van der Waals surface area contributed by atoms with Crippen molar-refractivity contribution in [2.45, 2.75) is 6.18 Å². The first-order chi connectivity index (χ1) is 15.1. The average molecular weight is 466 g/mol. The first-order valence-electron chi connectivity index (χ1n) is 9.07. The fourth-order valence-electron chi connectivity index (χ4n) is 2.85. The molecule has 168 valence electrons. The Bertz CT molecular complexity index is 1100. The van der Waals surface area contributed by atoms with Crippen molar-refractivity contribution in [2.24, 2.45) is 0 Å². The van der Waals surface area contributed by atoms with Gasteiger partial charge in [-0.3, -0.25) is 19.3 Å². The van der Waals surface area contributed by atoms with Crippen molar-refractivity contribution in [3.8, 4) is 11.5 Å². The molecule has 2 aromatic rings. The minimum atomic E-state index is -4.57. The molecule has 3 rings (SSSR count). The average Bonchev–Trinajstić information content (AvgIpc) is 3.00. The van der Waals surface area contributed by atoms with Crippen LogP contribution in [0, 0.1) is 0 Å². The number of nitrogens with one attached hydrogen (secondary N) is 1. The topological polar surface area (TPSA) is 84.9 Å². The number of rotatable bonds is 6. The van der Waals surface area contributed by atoms with Crippen LogP contribution < -0.4 is 14.8 Å². The van der Waals surface area contributed by atoms with Gasteiger partial charge >= 0.3 is 6.18 Å². The van der Waals surface area contributed by atoms with Gasteiger partial charge < -0.3 is 14.8 Å². The predicted octanol–water partition coefficient (Wildman–Crippen LogP) is 4.40. The number of ether oxygens (including phenoxy) is 2. The highest BCUT2D eigenvalue weighted by atomic mass is 32.2. The number of carbonyl (C=O) groups excluding carboxylic acids is 3. The molecule has 1 aliphatic rings. The zero-order valence-corrected chi connectivity index (χ0v) is 17.7. The summed E-state index contributed by atoms with van der Waals surface area (Å²) in [4.78, 5) is 37.9.